The number of amides is 1. The Kier molecular flexibility index (Phi) is 10.1. The molecular weight excluding hydrogens is 520 g/mol. The summed E-state index contributed by atoms with van der Waals surface area (Å²) < 4.78 is 32.5. The van der Waals surface area contributed by atoms with Crippen molar-refractivity contribution in [2.24, 2.45) is 0 Å². The van der Waals surface area contributed by atoms with Crippen LogP contribution >= 0.6 is 11.8 Å². The Morgan fingerprint density at radius 1 is 1.00 bits per heavy atom. The standard InChI is InChI=1S/C29H34N2O5S2/c1-20-10-13-23(14-11-20)38(34,35)31(3)19-22-12-15-25(26(18-22)24-9-7-6-8-21(24)2)28(32)30-27(16-17-37-5)29(33)36-4/h6-15,18,27H,16-17,19H2,1-5H3,(H,30,32). The van der Waals surface area contributed by atoms with E-state index in [1.165, 1.54) is 18.5 Å². The molecule has 0 bridgehead atoms. The Hall–Kier alpha value is -3.14. The zero-order valence-corrected chi connectivity index (χ0v) is 24.0. The number of sulfonamides is 1. The molecule has 1 atom stereocenters. The molecule has 0 fully saturated rings. The molecule has 9 heteroatoms. The largest absolute Gasteiger partial charge is 0.467 e. The highest BCUT2D eigenvalue weighted by molar-refractivity contribution is 7.98. The Morgan fingerprint density at radius 3 is 2.32 bits per heavy atom. The van der Waals surface area contributed by atoms with E-state index in [4.69, 9.17) is 4.74 Å². The van der Waals surface area contributed by atoms with Crippen LogP contribution in [0.1, 0.15) is 33.5 Å². The number of benzene rings is 3. The van der Waals surface area contributed by atoms with E-state index in [9.17, 15) is 18.0 Å². The van der Waals surface area contributed by atoms with Crippen LogP contribution in [0.25, 0.3) is 11.1 Å². The van der Waals surface area contributed by atoms with Gasteiger partial charge in [-0.15, -0.1) is 0 Å². The van der Waals surface area contributed by atoms with Gasteiger partial charge >= 0.3 is 5.97 Å². The summed E-state index contributed by atoms with van der Waals surface area (Å²) in [6, 6.07) is 18.9. The molecule has 0 saturated heterocycles. The molecule has 1 N–H and O–H groups in total. The maximum absolute atomic E-state index is 13.4. The smallest absolute Gasteiger partial charge is 0.328 e. The molecule has 0 saturated carbocycles. The Labute approximate surface area is 229 Å². The highest BCUT2D eigenvalue weighted by Crippen LogP contribution is 2.29. The normalized spacial score (nSPS) is 12.3. The first-order valence-corrected chi connectivity index (χ1v) is 15.0. The lowest BCUT2D eigenvalue weighted by molar-refractivity contribution is -0.142. The monoisotopic (exact) mass is 554 g/mol. The quantitative estimate of drug-likeness (QED) is 0.342. The highest BCUT2D eigenvalue weighted by Gasteiger charge is 2.25. The Morgan fingerprint density at radius 2 is 1.68 bits per heavy atom. The van der Waals surface area contributed by atoms with Gasteiger partial charge in [-0.3, -0.25) is 4.79 Å². The van der Waals surface area contributed by atoms with Gasteiger partial charge in [-0.2, -0.15) is 16.1 Å². The average Bonchev–Trinajstić information content (AvgIpc) is 2.90. The van der Waals surface area contributed by atoms with Gasteiger partial charge in [0.2, 0.25) is 10.0 Å². The van der Waals surface area contributed by atoms with E-state index < -0.39 is 27.9 Å². The topological polar surface area (TPSA) is 92.8 Å². The molecule has 1 amide bonds. The molecule has 3 aromatic carbocycles. The highest BCUT2D eigenvalue weighted by atomic mass is 32.2. The molecule has 3 aromatic rings. The number of methoxy groups -OCH3 is 1. The second kappa shape index (κ2) is 13.1. The van der Waals surface area contributed by atoms with Crippen LogP contribution in [-0.2, 0) is 26.1 Å². The number of hydrogen-bond donors (Lipinski definition) is 1. The van der Waals surface area contributed by atoms with Crippen molar-refractivity contribution in [1.82, 2.24) is 9.62 Å². The number of carbonyl (C=O) groups is 2. The van der Waals surface area contributed by atoms with Crippen LogP contribution in [0.15, 0.2) is 71.6 Å². The lowest BCUT2D eigenvalue weighted by atomic mass is 9.93. The number of hydrogen-bond acceptors (Lipinski definition) is 6. The number of ether oxygens (including phenoxy) is 1. The zero-order chi connectivity index (χ0) is 27.9. The minimum absolute atomic E-state index is 0.121. The third kappa shape index (κ3) is 7.03. The molecule has 7 nitrogen and oxygen atoms in total. The summed E-state index contributed by atoms with van der Waals surface area (Å²) in [5, 5.41) is 2.83. The van der Waals surface area contributed by atoms with Gasteiger partial charge in [0.1, 0.15) is 6.04 Å². The van der Waals surface area contributed by atoms with Gasteiger partial charge in [0.15, 0.2) is 0 Å². The Bertz CT molecular complexity index is 1390. The van der Waals surface area contributed by atoms with Gasteiger partial charge in [0, 0.05) is 19.2 Å². The SMILES string of the molecule is COC(=O)C(CCSC)NC(=O)c1ccc(CN(C)S(=O)(=O)c2ccc(C)cc2)cc1-c1ccccc1C. The third-order valence-corrected chi connectivity index (χ3v) is 8.76. The van der Waals surface area contributed by atoms with Gasteiger partial charge < -0.3 is 10.1 Å². The Balaban J connectivity index is 1.97. The number of esters is 1. The van der Waals surface area contributed by atoms with Crippen LogP contribution in [0.3, 0.4) is 0 Å². The molecule has 0 aliphatic rings. The summed E-state index contributed by atoms with van der Waals surface area (Å²) in [6.07, 6.45) is 2.38. The molecular formula is C29H34N2O5S2. The second-order valence-electron chi connectivity index (χ2n) is 9.10. The van der Waals surface area contributed by atoms with Crippen LogP contribution in [-0.4, -0.2) is 56.8 Å². The summed E-state index contributed by atoms with van der Waals surface area (Å²) in [4.78, 5) is 25.9. The summed E-state index contributed by atoms with van der Waals surface area (Å²) in [5.41, 5.74) is 4.57. The van der Waals surface area contributed by atoms with E-state index >= 15 is 0 Å². The first kappa shape index (κ1) is 29.4. The molecule has 0 aliphatic heterocycles. The van der Waals surface area contributed by atoms with Gasteiger partial charge in [-0.1, -0.05) is 48.0 Å². The summed E-state index contributed by atoms with van der Waals surface area (Å²) >= 11 is 1.58. The van der Waals surface area contributed by atoms with Gasteiger partial charge in [0.25, 0.3) is 5.91 Å². The number of carbonyl (C=O) groups excluding carboxylic acids is 2. The van der Waals surface area contributed by atoms with Gasteiger partial charge in [0.05, 0.1) is 12.0 Å². The van der Waals surface area contributed by atoms with Crippen molar-refractivity contribution in [3.63, 3.8) is 0 Å². The third-order valence-electron chi connectivity index (χ3n) is 6.30. The van der Waals surface area contributed by atoms with E-state index in [0.717, 1.165) is 22.3 Å². The van der Waals surface area contributed by atoms with Crippen molar-refractivity contribution in [3.05, 3.63) is 89.0 Å². The van der Waals surface area contributed by atoms with Crippen LogP contribution in [0.4, 0.5) is 0 Å². The maximum Gasteiger partial charge on any atom is 0.328 e. The molecule has 1 unspecified atom stereocenters. The van der Waals surface area contributed by atoms with Crippen LogP contribution < -0.4 is 5.32 Å². The predicted octanol–water partition coefficient (Wildman–Crippen LogP) is 4.82. The predicted molar refractivity (Wildman–Crippen MR) is 153 cm³/mol. The zero-order valence-electron chi connectivity index (χ0n) is 22.4. The summed E-state index contributed by atoms with van der Waals surface area (Å²) in [6.45, 7) is 3.98. The molecule has 0 aromatic heterocycles. The van der Waals surface area contributed by atoms with Crippen molar-refractivity contribution < 1.29 is 22.7 Å². The van der Waals surface area contributed by atoms with E-state index in [0.29, 0.717) is 23.3 Å². The lowest BCUT2D eigenvalue weighted by Crippen LogP contribution is -2.42. The fourth-order valence-corrected chi connectivity index (χ4v) is 5.71. The van der Waals surface area contributed by atoms with Crippen molar-refractivity contribution in [1.29, 1.82) is 0 Å². The minimum atomic E-state index is -3.70. The van der Waals surface area contributed by atoms with Crippen molar-refractivity contribution >= 4 is 33.7 Å². The van der Waals surface area contributed by atoms with Crippen molar-refractivity contribution in [2.75, 3.05) is 26.2 Å². The van der Waals surface area contributed by atoms with Crippen molar-refractivity contribution in [3.8, 4) is 11.1 Å². The minimum Gasteiger partial charge on any atom is -0.467 e. The molecule has 0 radical (unpaired) electrons. The van der Waals surface area contributed by atoms with E-state index in [2.05, 4.69) is 5.32 Å². The molecule has 202 valence electrons. The van der Waals surface area contributed by atoms with Gasteiger partial charge in [-0.05, 0) is 78.8 Å². The van der Waals surface area contributed by atoms with Gasteiger partial charge in [-0.25, -0.2) is 13.2 Å². The molecule has 3 rings (SSSR count). The number of thioether (sulfide) groups is 1. The van der Waals surface area contributed by atoms with E-state index in [1.54, 1.807) is 48.2 Å². The second-order valence-corrected chi connectivity index (χ2v) is 12.1. The number of nitrogens with one attached hydrogen (secondary N) is 1. The molecule has 0 heterocycles. The van der Waals surface area contributed by atoms with E-state index in [-0.39, 0.29) is 11.4 Å². The van der Waals surface area contributed by atoms with Crippen LogP contribution in [0.5, 0.6) is 0 Å². The summed E-state index contributed by atoms with van der Waals surface area (Å²) in [5.74, 6) is -0.206. The number of nitrogens with zero attached hydrogens (tertiary/aromatic N) is 1. The number of rotatable bonds is 11. The number of aryl methyl sites for hydroxylation is 2. The maximum atomic E-state index is 13.4. The average molecular weight is 555 g/mol. The van der Waals surface area contributed by atoms with Crippen LogP contribution in [0, 0.1) is 13.8 Å². The van der Waals surface area contributed by atoms with Crippen LogP contribution in [0.2, 0.25) is 0 Å². The fraction of sp³-hybridized carbons (Fsp3) is 0.310. The lowest BCUT2D eigenvalue weighted by Gasteiger charge is -2.20. The first-order chi connectivity index (χ1) is 18.1. The van der Waals surface area contributed by atoms with Crippen molar-refractivity contribution in [2.45, 2.75) is 37.8 Å². The summed E-state index contributed by atoms with van der Waals surface area (Å²) in [7, 11) is -0.864. The fourth-order valence-electron chi connectivity index (χ4n) is 4.08. The first-order valence-electron chi connectivity index (χ1n) is 12.2. The molecule has 0 spiro atoms. The molecule has 0 aliphatic carbocycles. The molecule has 38 heavy (non-hydrogen) atoms. The van der Waals surface area contributed by atoms with E-state index in [1.807, 2.05) is 50.4 Å².